The molecule has 0 aromatic rings. The van der Waals surface area contributed by atoms with Crippen molar-refractivity contribution < 1.29 is 0 Å². The van der Waals surface area contributed by atoms with E-state index >= 15 is 0 Å². The molecule has 0 saturated heterocycles. The van der Waals surface area contributed by atoms with Gasteiger partial charge in [0.15, 0.2) is 0 Å². The van der Waals surface area contributed by atoms with Crippen molar-refractivity contribution in [3.63, 3.8) is 0 Å². The van der Waals surface area contributed by atoms with E-state index in [0.717, 1.165) is 25.9 Å². The Kier molecular flexibility index (Phi) is 9.52. The van der Waals surface area contributed by atoms with Crippen LogP contribution in [0.25, 0.3) is 10.6 Å². The molecule has 0 aromatic heterocycles. The van der Waals surface area contributed by atoms with Crippen LogP contribution in [0.2, 0.25) is 0 Å². The molecule has 0 unspecified atom stereocenters. The summed E-state index contributed by atoms with van der Waals surface area (Å²) in [6.45, 7) is 14.8. The van der Waals surface area contributed by atoms with Gasteiger partial charge in [-0.15, -0.1) is 24.2 Å². The molecule has 15 heavy (non-hydrogen) atoms. The Hall–Kier alpha value is 0.710. The Morgan fingerprint density at radius 2 is 0.933 bits per heavy atom. The first-order valence-corrected chi connectivity index (χ1v) is 5.58. The first-order chi connectivity index (χ1) is 6.21. The van der Waals surface area contributed by atoms with Crippen LogP contribution in [0.15, 0.2) is 0 Å². The molecule has 0 amide bonds. The third kappa shape index (κ3) is 17.3. The van der Waals surface area contributed by atoms with E-state index in [0.29, 0.717) is 0 Å². The Labute approximate surface area is 113 Å². The molecule has 0 fully saturated rings. The number of rotatable bonds is 5. The third-order valence-corrected chi connectivity index (χ3v) is 1.74. The van der Waals surface area contributed by atoms with Crippen molar-refractivity contribution >= 4 is 23.7 Å². The van der Waals surface area contributed by atoms with Crippen LogP contribution in [0.3, 0.4) is 0 Å². The van der Waals surface area contributed by atoms with Crippen LogP contribution >= 0.6 is 0 Å². The van der Waals surface area contributed by atoms with Gasteiger partial charge in [0, 0.05) is 0 Å². The van der Waals surface area contributed by atoms with Gasteiger partial charge in [-0.1, -0.05) is 54.4 Å². The van der Waals surface area contributed by atoms with Gasteiger partial charge in [0.25, 0.3) is 0 Å². The van der Waals surface area contributed by atoms with Gasteiger partial charge in [-0.3, -0.25) is 0 Å². The zero-order chi connectivity index (χ0) is 11.2. The first-order valence-electron chi connectivity index (χ1n) is 5.58. The van der Waals surface area contributed by atoms with Crippen LogP contribution in [0, 0.1) is 0 Å². The predicted octanol–water partition coefficient (Wildman–Crippen LogP) is 3.73. The molecule has 3 heteroatoms. The second-order valence-electron chi connectivity index (χ2n) is 5.81. The van der Waals surface area contributed by atoms with E-state index in [2.05, 4.69) is 52.2 Å². The molecular weight excluding hydrogens is 300 g/mol. The average Bonchev–Trinajstić information content (AvgIpc) is 1.92. The number of hydrogen-bond donors (Lipinski definition) is 0. The molecule has 0 bridgehead atoms. The molecule has 0 saturated carbocycles. The van der Waals surface area contributed by atoms with Crippen LogP contribution in [-0.2, 0) is 0 Å². The van der Waals surface area contributed by atoms with Crippen molar-refractivity contribution in [1.29, 1.82) is 0 Å². The SMILES string of the molecule is CC(C)(C)[N-]CCCC[N-]C(C)(C)C.[Te+2]. The monoisotopic (exact) mass is 328 g/mol. The number of hydrogen-bond acceptors (Lipinski definition) is 0. The summed E-state index contributed by atoms with van der Waals surface area (Å²) in [6, 6.07) is 0. The van der Waals surface area contributed by atoms with Gasteiger partial charge in [-0.2, -0.15) is 0 Å². The predicted molar refractivity (Wildman–Crippen MR) is 70.9 cm³/mol. The maximum Gasteiger partial charge on any atom is 2.00 e. The first kappa shape index (κ1) is 18.1. The van der Waals surface area contributed by atoms with Gasteiger partial charge in [-0.25, -0.2) is 0 Å². The van der Waals surface area contributed by atoms with E-state index in [-0.39, 0.29) is 34.7 Å². The fraction of sp³-hybridized carbons (Fsp3) is 1.00. The minimum absolute atomic E-state index is 0. The van der Waals surface area contributed by atoms with Crippen LogP contribution < -0.4 is 0 Å². The van der Waals surface area contributed by atoms with Gasteiger partial charge in [0.1, 0.15) is 0 Å². The molecule has 0 rings (SSSR count). The number of nitrogens with zero attached hydrogens (tertiary/aromatic N) is 2. The molecule has 4 radical (unpaired) electrons. The van der Waals surface area contributed by atoms with E-state index in [1.807, 2.05) is 0 Å². The molecule has 0 aliphatic carbocycles. The second kappa shape index (κ2) is 7.90. The van der Waals surface area contributed by atoms with Crippen molar-refractivity contribution in [1.82, 2.24) is 0 Å². The van der Waals surface area contributed by atoms with E-state index < -0.39 is 0 Å². The van der Waals surface area contributed by atoms with E-state index in [9.17, 15) is 0 Å². The smallest absolute Gasteiger partial charge is 0.657 e. The summed E-state index contributed by atoms with van der Waals surface area (Å²) in [4.78, 5) is 0. The summed E-state index contributed by atoms with van der Waals surface area (Å²) >= 11 is 0. The van der Waals surface area contributed by atoms with Gasteiger partial charge in [0.05, 0.1) is 0 Å². The van der Waals surface area contributed by atoms with Crippen molar-refractivity contribution in [2.24, 2.45) is 0 Å². The summed E-state index contributed by atoms with van der Waals surface area (Å²) < 4.78 is 0. The van der Waals surface area contributed by atoms with Crippen molar-refractivity contribution in [3.05, 3.63) is 10.6 Å². The Bertz CT molecular complexity index is 127. The van der Waals surface area contributed by atoms with Crippen LogP contribution in [0.1, 0.15) is 54.4 Å². The summed E-state index contributed by atoms with van der Waals surface area (Å²) in [5, 5.41) is 9.10. The summed E-state index contributed by atoms with van der Waals surface area (Å²) in [5.41, 5.74) is 0.252. The minimum Gasteiger partial charge on any atom is -0.657 e. The fourth-order valence-electron chi connectivity index (χ4n) is 1.05. The average molecular weight is 326 g/mol. The van der Waals surface area contributed by atoms with E-state index in [4.69, 9.17) is 0 Å². The van der Waals surface area contributed by atoms with Crippen molar-refractivity contribution in [2.75, 3.05) is 13.1 Å². The normalized spacial score (nSPS) is 12.4. The van der Waals surface area contributed by atoms with Crippen LogP contribution in [0.5, 0.6) is 0 Å². The largest absolute Gasteiger partial charge is 2.00 e. The van der Waals surface area contributed by atoms with Crippen molar-refractivity contribution in [3.8, 4) is 0 Å². The minimum atomic E-state index is 0. The Morgan fingerprint density at radius 3 is 1.13 bits per heavy atom. The quantitative estimate of drug-likeness (QED) is 0.544. The fourth-order valence-corrected chi connectivity index (χ4v) is 1.05. The zero-order valence-corrected chi connectivity index (χ0v) is 13.5. The molecule has 0 aromatic carbocycles. The maximum atomic E-state index is 4.55. The molecule has 90 valence electrons. The maximum absolute atomic E-state index is 4.55. The van der Waals surface area contributed by atoms with Gasteiger partial charge < -0.3 is 10.6 Å². The van der Waals surface area contributed by atoms with E-state index in [1.54, 1.807) is 0 Å². The van der Waals surface area contributed by atoms with Gasteiger partial charge >= 0.3 is 23.7 Å². The standard InChI is InChI=1S/C12H26N2.Te/c1-11(2,3)13-9-7-8-10-14-12(4,5)6;/h7-10H2,1-6H3;/q-2;+2. The topological polar surface area (TPSA) is 28.2 Å². The summed E-state index contributed by atoms with van der Waals surface area (Å²) in [5.74, 6) is 0. The van der Waals surface area contributed by atoms with Gasteiger partial charge in [-0.05, 0) is 0 Å². The number of unbranched alkanes of at least 4 members (excludes halogenated alkanes) is 1. The van der Waals surface area contributed by atoms with Gasteiger partial charge in [0.2, 0.25) is 0 Å². The Balaban J connectivity index is 0. The second-order valence-corrected chi connectivity index (χ2v) is 5.81. The molecule has 0 heterocycles. The Morgan fingerprint density at radius 1 is 0.667 bits per heavy atom. The molecule has 2 nitrogen and oxygen atoms in total. The zero-order valence-electron chi connectivity index (χ0n) is 11.1. The molecular formula is C12H26N2Te. The summed E-state index contributed by atoms with van der Waals surface area (Å²) in [7, 11) is 0. The molecule has 0 aliphatic rings. The van der Waals surface area contributed by atoms with Crippen LogP contribution in [-0.4, -0.2) is 47.8 Å². The van der Waals surface area contributed by atoms with E-state index in [1.165, 1.54) is 0 Å². The van der Waals surface area contributed by atoms with Crippen molar-refractivity contribution in [2.45, 2.75) is 65.5 Å². The third-order valence-electron chi connectivity index (χ3n) is 1.74. The summed E-state index contributed by atoms with van der Waals surface area (Å²) in [6.07, 6.45) is 2.33. The molecule has 0 N–H and O–H groups in total. The molecule has 0 aliphatic heterocycles. The molecule has 0 spiro atoms. The van der Waals surface area contributed by atoms with Crippen LogP contribution in [0.4, 0.5) is 0 Å². The molecule has 0 atom stereocenters.